The maximum absolute atomic E-state index is 10.2. The van der Waals surface area contributed by atoms with Crippen molar-refractivity contribution in [2.24, 2.45) is 5.73 Å². The Hall–Kier alpha value is 0.180. The monoisotopic (exact) mass is 173 g/mol. The molecule has 0 saturated carbocycles. The molecule has 0 spiro atoms. The average molecular weight is 173 g/mol. The van der Waals surface area contributed by atoms with Crippen LogP contribution < -0.4 is 5.73 Å². The van der Waals surface area contributed by atoms with Gasteiger partial charge in [-0.3, -0.25) is 0 Å². The van der Waals surface area contributed by atoms with Crippen LogP contribution in [0.5, 0.6) is 0 Å². The summed E-state index contributed by atoms with van der Waals surface area (Å²) in [6.07, 6.45) is 0. The molecule has 0 aromatic heterocycles. The fourth-order valence-electron chi connectivity index (χ4n) is 0.134. The molecule has 0 amide bonds. The molecule has 9 heavy (non-hydrogen) atoms. The lowest BCUT2D eigenvalue weighted by atomic mass is 11.6. The van der Waals surface area contributed by atoms with Gasteiger partial charge in [0.15, 0.2) is 22.2 Å². The highest BCUT2D eigenvalue weighted by Gasteiger charge is 2.01. The molecule has 0 heterocycles. The molecule has 0 aromatic carbocycles. The molecule has 0 fully saturated rings. The SMILES string of the molecule is NCS(=O)OS(=O)CO. The molecule has 0 radical (unpaired) electrons. The van der Waals surface area contributed by atoms with Gasteiger partial charge in [0.25, 0.3) is 0 Å². The number of aliphatic hydroxyl groups is 1. The Labute approximate surface area is 57.5 Å². The second-order valence-electron chi connectivity index (χ2n) is 0.971. The van der Waals surface area contributed by atoms with Gasteiger partial charge in [-0.1, -0.05) is 0 Å². The zero-order chi connectivity index (χ0) is 7.28. The molecular formula is C2H7NO4S2. The van der Waals surface area contributed by atoms with E-state index in [4.69, 9.17) is 10.8 Å². The van der Waals surface area contributed by atoms with Crippen LogP contribution in [0.15, 0.2) is 0 Å². The summed E-state index contributed by atoms with van der Waals surface area (Å²) in [6, 6.07) is 0. The maximum Gasteiger partial charge on any atom is 0.195 e. The van der Waals surface area contributed by atoms with E-state index >= 15 is 0 Å². The highest BCUT2D eigenvalue weighted by molar-refractivity contribution is 7.93. The van der Waals surface area contributed by atoms with Crippen molar-refractivity contribution in [2.75, 3.05) is 11.8 Å². The standard InChI is InChI=1S/C2H7NO4S2/c3-1-8(5)7-9(6)2-4/h4H,1-3H2. The van der Waals surface area contributed by atoms with Gasteiger partial charge in [-0.15, -0.1) is 0 Å². The van der Waals surface area contributed by atoms with Crippen molar-refractivity contribution in [1.29, 1.82) is 0 Å². The quantitative estimate of drug-likeness (QED) is 0.523. The number of nitrogens with two attached hydrogens (primary N) is 1. The zero-order valence-electron chi connectivity index (χ0n) is 4.48. The molecule has 56 valence electrons. The van der Waals surface area contributed by atoms with Gasteiger partial charge in [0, 0.05) is 0 Å². The van der Waals surface area contributed by atoms with Crippen LogP contribution in [-0.4, -0.2) is 25.3 Å². The first-order valence-electron chi connectivity index (χ1n) is 1.97. The predicted molar refractivity (Wildman–Crippen MR) is 33.5 cm³/mol. The van der Waals surface area contributed by atoms with Crippen LogP contribution in [0.4, 0.5) is 0 Å². The largest absolute Gasteiger partial charge is 0.381 e. The summed E-state index contributed by atoms with van der Waals surface area (Å²) >= 11 is -3.62. The van der Waals surface area contributed by atoms with Gasteiger partial charge in [0.2, 0.25) is 0 Å². The molecular weight excluding hydrogens is 166 g/mol. The average Bonchev–Trinajstić information content (AvgIpc) is 1.87. The molecule has 3 N–H and O–H groups in total. The molecule has 0 aliphatic heterocycles. The minimum atomic E-state index is -1.88. The molecule has 0 saturated heterocycles. The summed E-state index contributed by atoms with van der Waals surface area (Å²) in [7, 11) is 0. The fraction of sp³-hybridized carbons (Fsp3) is 1.00. The second-order valence-corrected chi connectivity index (χ2v) is 3.32. The number of hydrogen-bond donors (Lipinski definition) is 2. The van der Waals surface area contributed by atoms with E-state index in [-0.39, 0.29) is 5.88 Å². The summed E-state index contributed by atoms with van der Waals surface area (Å²) in [4.78, 5) is 0. The van der Waals surface area contributed by atoms with Gasteiger partial charge in [0.05, 0.1) is 5.88 Å². The molecule has 0 aromatic rings. The lowest BCUT2D eigenvalue weighted by molar-refractivity contribution is 0.357. The minimum absolute atomic E-state index is 0.217. The lowest BCUT2D eigenvalue weighted by Crippen LogP contribution is -2.12. The normalized spacial score (nSPS) is 17.1. The van der Waals surface area contributed by atoms with Crippen molar-refractivity contribution >= 4 is 22.2 Å². The summed E-state index contributed by atoms with van der Waals surface area (Å²) < 4.78 is 24.5. The number of aliphatic hydroxyl groups excluding tert-OH is 1. The van der Waals surface area contributed by atoms with Gasteiger partial charge < -0.3 is 10.8 Å². The van der Waals surface area contributed by atoms with Crippen LogP contribution in [0.3, 0.4) is 0 Å². The third-order valence-corrected chi connectivity index (χ3v) is 2.09. The third kappa shape index (κ3) is 4.67. The lowest BCUT2D eigenvalue weighted by Gasteiger charge is -1.94. The molecule has 0 rings (SSSR count). The van der Waals surface area contributed by atoms with E-state index in [1.807, 2.05) is 0 Å². The smallest absolute Gasteiger partial charge is 0.195 e. The van der Waals surface area contributed by atoms with E-state index < -0.39 is 28.1 Å². The molecule has 7 heteroatoms. The fourth-order valence-corrected chi connectivity index (χ4v) is 1.21. The molecule has 2 unspecified atom stereocenters. The Balaban J connectivity index is 3.47. The first kappa shape index (κ1) is 9.18. The molecule has 5 nitrogen and oxygen atoms in total. The third-order valence-electron chi connectivity index (χ3n) is 0.393. The van der Waals surface area contributed by atoms with Gasteiger partial charge >= 0.3 is 0 Å². The predicted octanol–water partition coefficient (Wildman–Crippen LogP) is -1.80. The van der Waals surface area contributed by atoms with E-state index in [0.29, 0.717) is 0 Å². The Kier molecular flexibility index (Phi) is 5.10. The van der Waals surface area contributed by atoms with Crippen molar-refractivity contribution in [3.05, 3.63) is 0 Å². The summed E-state index contributed by atoms with van der Waals surface area (Å²) in [6.45, 7) is 0. The zero-order valence-corrected chi connectivity index (χ0v) is 6.11. The van der Waals surface area contributed by atoms with Crippen LogP contribution in [-0.2, 0) is 25.8 Å². The van der Waals surface area contributed by atoms with E-state index in [2.05, 4.69) is 3.63 Å². The van der Waals surface area contributed by atoms with Crippen LogP contribution in [0.1, 0.15) is 0 Å². The Morgan fingerprint density at radius 3 is 2.33 bits per heavy atom. The highest BCUT2D eigenvalue weighted by atomic mass is 32.3. The van der Waals surface area contributed by atoms with Crippen molar-refractivity contribution in [2.45, 2.75) is 0 Å². The summed E-state index contributed by atoms with van der Waals surface area (Å²) in [5.74, 6) is -0.877. The summed E-state index contributed by atoms with van der Waals surface area (Å²) in [5, 5.41) is 8.08. The van der Waals surface area contributed by atoms with E-state index in [9.17, 15) is 8.42 Å². The second kappa shape index (κ2) is 5.00. The Morgan fingerprint density at radius 1 is 1.44 bits per heavy atom. The topological polar surface area (TPSA) is 89.6 Å². The van der Waals surface area contributed by atoms with Gasteiger partial charge in [-0.25, -0.2) is 8.42 Å². The molecule has 2 atom stereocenters. The maximum atomic E-state index is 10.2. The number of hydrogen-bond acceptors (Lipinski definition) is 5. The Bertz CT molecular complexity index is 112. The molecule has 0 aliphatic carbocycles. The van der Waals surface area contributed by atoms with Gasteiger partial charge in [-0.2, -0.15) is 3.63 Å². The Morgan fingerprint density at radius 2 is 2.00 bits per heavy atom. The van der Waals surface area contributed by atoms with Crippen molar-refractivity contribution in [1.82, 2.24) is 0 Å². The van der Waals surface area contributed by atoms with E-state index in [0.717, 1.165) is 0 Å². The van der Waals surface area contributed by atoms with Crippen molar-refractivity contribution in [3.63, 3.8) is 0 Å². The van der Waals surface area contributed by atoms with Crippen LogP contribution >= 0.6 is 0 Å². The van der Waals surface area contributed by atoms with Gasteiger partial charge in [-0.05, 0) is 0 Å². The van der Waals surface area contributed by atoms with Crippen molar-refractivity contribution < 1.29 is 17.2 Å². The first-order chi connectivity index (χ1) is 4.20. The molecule has 0 aliphatic rings. The van der Waals surface area contributed by atoms with E-state index in [1.54, 1.807) is 0 Å². The van der Waals surface area contributed by atoms with Crippen LogP contribution in [0.25, 0.3) is 0 Å². The molecule has 0 bridgehead atoms. The minimum Gasteiger partial charge on any atom is -0.381 e. The van der Waals surface area contributed by atoms with Gasteiger partial charge in [0.1, 0.15) is 5.94 Å². The number of rotatable bonds is 4. The van der Waals surface area contributed by atoms with Crippen LogP contribution in [0.2, 0.25) is 0 Å². The first-order valence-corrected chi connectivity index (χ1v) is 4.46. The van der Waals surface area contributed by atoms with Crippen LogP contribution in [0, 0.1) is 0 Å². The van der Waals surface area contributed by atoms with E-state index in [1.165, 1.54) is 0 Å². The van der Waals surface area contributed by atoms with Crippen molar-refractivity contribution in [3.8, 4) is 0 Å². The summed E-state index contributed by atoms with van der Waals surface area (Å²) in [5.41, 5.74) is 4.83. The highest BCUT2D eigenvalue weighted by Crippen LogP contribution is 1.87.